The van der Waals surface area contributed by atoms with E-state index in [2.05, 4.69) is 15.0 Å². The van der Waals surface area contributed by atoms with Gasteiger partial charge in [0.1, 0.15) is 0 Å². The molecule has 0 aliphatic rings. The van der Waals surface area contributed by atoms with Gasteiger partial charge in [0.05, 0.1) is 9.26 Å². The number of aromatic amines is 1. The molecule has 0 atom stereocenters. The average molecular weight is 361 g/mol. The van der Waals surface area contributed by atoms with E-state index in [0.29, 0.717) is 9.39 Å². The molecule has 0 aliphatic carbocycles. The van der Waals surface area contributed by atoms with Crippen molar-refractivity contribution in [1.82, 2.24) is 15.0 Å². The molecule has 2 aromatic heterocycles. The molecule has 2 rings (SSSR count). The van der Waals surface area contributed by atoms with E-state index in [0.717, 1.165) is 16.4 Å². The SMILES string of the molecule is Cc1csc(-c2nc(C(C)C)c(I)c(=O)[nH]2)n1. The molecule has 0 bridgehead atoms. The minimum atomic E-state index is -0.0906. The van der Waals surface area contributed by atoms with Crippen LogP contribution in [0.25, 0.3) is 10.8 Å². The molecule has 0 saturated heterocycles. The third kappa shape index (κ3) is 2.57. The molecule has 0 aromatic carbocycles. The number of hydrogen-bond donors (Lipinski definition) is 1. The van der Waals surface area contributed by atoms with Crippen LogP contribution in [0.15, 0.2) is 10.2 Å². The highest BCUT2D eigenvalue weighted by Crippen LogP contribution is 2.22. The molecular formula is C11H12IN3OS. The normalized spacial score (nSPS) is 11.1. The van der Waals surface area contributed by atoms with Crippen molar-refractivity contribution >= 4 is 33.9 Å². The zero-order chi connectivity index (χ0) is 12.6. The van der Waals surface area contributed by atoms with Gasteiger partial charge in [0, 0.05) is 11.1 Å². The van der Waals surface area contributed by atoms with E-state index in [-0.39, 0.29) is 11.5 Å². The summed E-state index contributed by atoms with van der Waals surface area (Å²) in [5.41, 5.74) is 1.68. The first-order chi connectivity index (χ1) is 7.99. The largest absolute Gasteiger partial charge is 0.304 e. The number of thiazole rings is 1. The number of hydrogen-bond acceptors (Lipinski definition) is 4. The van der Waals surface area contributed by atoms with Crippen LogP contribution in [0.3, 0.4) is 0 Å². The number of halogens is 1. The summed E-state index contributed by atoms with van der Waals surface area (Å²) in [6, 6.07) is 0. The van der Waals surface area contributed by atoms with Crippen molar-refractivity contribution in [1.29, 1.82) is 0 Å². The van der Waals surface area contributed by atoms with Crippen LogP contribution in [0, 0.1) is 10.5 Å². The summed E-state index contributed by atoms with van der Waals surface area (Å²) >= 11 is 3.53. The zero-order valence-electron chi connectivity index (χ0n) is 9.74. The maximum Gasteiger partial charge on any atom is 0.264 e. The van der Waals surface area contributed by atoms with Crippen LogP contribution in [0.2, 0.25) is 0 Å². The van der Waals surface area contributed by atoms with Crippen LogP contribution in [-0.4, -0.2) is 15.0 Å². The molecule has 0 unspecified atom stereocenters. The third-order valence-corrected chi connectivity index (χ3v) is 4.27. The lowest BCUT2D eigenvalue weighted by atomic mass is 10.1. The minimum Gasteiger partial charge on any atom is -0.304 e. The topological polar surface area (TPSA) is 58.6 Å². The molecular weight excluding hydrogens is 349 g/mol. The van der Waals surface area contributed by atoms with Gasteiger partial charge in [-0.1, -0.05) is 13.8 Å². The second-order valence-electron chi connectivity index (χ2n) is 4.06. The molecule has 90 valence electrons. The number of nitrogens with zero attached hydrogens (tertiary/aromatic N) is 2. The number of aromatic nitrogens is 3. The van der Waals surface area contributed by atoms with Crippen molar-refractivity contribution in [3.8, 4) is 10.8 Å². The summed E-state index contributed by atoms with van der Waals surface area (Å²) in [6.07, 6.45) is 0. The van der Waals surface area contributed by atoms with E-state index in [4.69, 9.17) is 0 Å². The fourth-order valence-electron chi connectivity index (χ4n) is 1.42. The van der Waals surface area contributed by atoms with Crippen molar-refractivity contribution in [3.63, 3.8) is 0 Å². The summed E-state index contributed by atoms with van der Waals surface area (Å²) in [7, 11) is 0. The van der Waals surface area contributed by atoms with E-state index in [9.17, 15) is 4.79 Å². The summed E-state index contributed by atoms with van der Waals surface area (Å²) in [5.74, 6) is 0.793. The molecule has 0 fully saturated rings. The Hall–Kier alpha value is -0.760. The smallest absolute Gasteiger partial charge is 0.264 e. The third-order valence-electron chi connectivity index (χ3n) is 2.26. The molecule has 2 aromatic rings. The summed E-state index contributed by atoms with van der Waals surface area (Å²) in [4.78, 5) is 23.4. The molecule has 4 nitrogen and oxygen atoms in total. The lowest BCUT2D eigenvalue weighted by Gasteiger charge is -2.07. The van der Waals surface area contributed by atoms with Gasteiger partial charge >= 0.3 is 0 Å². The highest BCUT2D eigenvalue weighted by Gasteiger charge is 2.14. The van der Waals surface area contributed by atoms with Gasteiger partial charge in [0.2, 0.25) is 0 Å². The number of aryl methyl sites for hydroxylation is 1. The van der Waals surface area contributed by atoms with Crippen molar-refractivity contribution in [2.45, 2.75) is 26.7 Å². The molecule has 17 heavy (non-hydrogen) atoms. The van der Waals surface area contributed by atoms with Gasteiger partial charge in [0.25, 0.3) is 5.56 Å². The summed E-state index contributed by atoms with van der Waals surface area (Å²) in [5, 5.41) is 2.71. The van der Waals surface area contributed by atoms with Crippen LogP contribution in [-0.2, 0) is 0 Å². The van der Waals surface area contributed by atoms with Gasteiger partial charge in [-0.25, -0.2) is 9.97 Å². The lowest BCUT2D eigenvalue weighted by molar-refractivity contribution is 0.802. The van der Waals surface area contributed by atoms with Gasteiger partial charge in [-0.05, 0) is 35.4 Å². The van der Waals surface area contributed by atoms with Gasteiger partial charge < -0.3 is 4.98 Å². The Morgan fingerprint density at radius 2 is 2.12 bits per heavy atom. The average Bonchev–Trinajstić information content (AvgIpc) is 2.68. The number of H-pyrrole nitrogens is 1. The Kier molecular flexibility index (Phi) is 3.62. The Balaban J connectivity index is 2.61. The van der Waals surface area contributed by atoms with Crippen molar-refractivity contribution in [2.75, 3.05) is 0 Å². The predicted molar refractivity (Wildman–Crippen MR) is 77.5 cm³/mol. The molecule has 0 amide bonds. The van der Waals surface area contributed by atoms with E-state index in [1.54, 1.807) is 0 Å². The monoisotopic (exact) mass is 361 g/mol. The fourth-order valence-corrected chi connectivity index (χ4v) is 3.04. The number of rotatable bonds is 2. The second-order valence-corrected chi connectivity index (χ2v) is 6.00. The van der Waals surface area contributed by atoms with E-state index in [1.807, 2.05) is 48.7 Å². The minimum absolute atomic E-state index is 0.0906. The molecule has 1 N–H and O–H groups in total. The van der Waals surface area contributed by atoms with Gasteiger partial charge in [-0.2, -0.15) is 0 Å². The molecule has 0 aliphatic heterocycles. The Morgan fingerprint density at radius 3 is 2.65 bits per heavy atom. The predicted octanol–water partition coefficient (Wildman–Crippen LogP) is 2.93. The zero-order valence-corrected chi connectivity index (χ0v) is 12.7. The van der Waals surface area contributed by atoms with E-state index < -0.39 is 0 Å². The maximum atomic E-state index is 11.8. The fraction of sp³-hybridized carbons (Fsp3) is 0.364. The lowest BCUT2D eigenvalue weighted by Crippen LogP contribution is -2.17. The summed E-state index contributed by atoms with van der Waals surface area (Å²) in [6.45, 7) is 5.98. The summed E-state index contributed by atoms with van der Waals surface area (Å²) < 4.78 is 0.662. The second kappa shape index (κ2) is 4.85. The van der Waals surface area contributed by atoms with E-state index in [1.165, 1.54) is 11.3 Å². The van der Waals surface area contributed by atoms with Crippen LogP contribution in [0.5, 0.6) is 0 Å². The standard InChI is InChI=1S/C11H12IN3OS/c1-5(2)8-7(12)10(16)15-9(14-8)11-13-6(3)4-17-11/h4-5H,1-3H3,(H,14,15,16). The first-order valence-corrected chi connectivity index (χ1v) is 7.17. The van der Waals surface area contributed by atoms with Gasteiger partial charge in [-0.3, -0.25) is 4.79 Å². The van der Waals surface area contributed by atoms with Crippen LogP contribution in [0.1, 0.15) is 31.2 Å². The molecule has 6 heteroatoms. The van der Waals surface area contributed by atoms with Crippen LogP contribution in [0.4, 0.5) is 0 Å². The first kappa shape index (κ1) is 12.7. The van der Waals surface area contributed by atoms with E-state index >= 15 is 0 Å². The van der Waals surface area contributed by atoms with Gasteiger partial charge in [0.15, 0.2) is 10.8 Å². The van der Waals surface area contributed by atoms with Crippen LogP contribution < -0.4 is 5.56 Å². The van der Waals surface area contributed by atoms with Crippen molar-refractivity contribution in [3.05, 3.63) is 30.7 Å². The first-order valence-electron chi connectivity index (χ1n) is 5.21. The quantitative estimate of drug-likeness (QED) is 0.837. The molecule has 0 radical (unpaired) electrons. The highest BCUT2D eigenvalue weighted by molar-refractivity contribution is 14.1. The van der Waals surface area contributed by atoms with Crippen molar-refractivity contribution < 1.29 is 0 Å². The molecule has 2 heterocycles. The Bertz CT molecular complexity index is 603. The maximum absolute atomic E-state index is 11.8. The highest BCUT2D eigenvalue weighted by atomic mass is 127. The van der Waals surface area contributed by atoms with Gasteiger partial charge in [-0.15, -0.1) is 11.3 Å². The number of nitrogens with one attached hydrogen (secondary N) is 1. The van der Waals surface area contributed by atoms with Crippen LogP contribution >= 0.6 is 33.9 Å². The Morgan fingerprint density at radius 1 is 1.41 bits per heavy atom. The molecule has 0 spiro atoms. The Labute approximate surface area is 117 Å². The van der Waals surface area contributed by atoms with Crippen molar-refractivity contribution in [2.24, 2.45) is 0 Å². The molecule has 0 saturated carbocycles.